The number of amides is 1. The van der Waals surface area contributed by atoms with Crippen LogP contribution in [0.2, 0.25) is 0 Å². The minimum Gasteiger partial charge on any atom is -0.392 e. The standard InChI is InChI=1S/C29H35Cl3N2O4/c1-2-15-34(24-5-3-4-6-24)18-25-16-26(22-11-9-21(19-35)10-12-22)38-27(37-25)23-13-7-20(8-14-23)17-33-28(36)29(30,31)32/h2,7-14,24-27,35H,1,3-6,15-19H2,(H,33,36). The first-order chi connectivity index (χ1) is 18.3. The molecule has 0 spiro atoms. The van der Waals surface area contributed by atoms with Crippen molar-refractivity contribution in [3.05, 3.63) is 83.4 Å². The Balaban J connectivity index is 1.50. The fourth-order valence-electron chi connectivity index (χ4n) is 5.18. The van der Waals surface area contributed by atoms with E-state index in [1.807, 2.05) is 54.6 Å². The van der Waals surface area contributed by atoms with E-state index in [4.69, 9.17) is 44.3 Å². The number of benzene rings is 2. The van der Waals surface area contributed by atoms with Gasteiger partial charge in [-0.3, -0.25) is 9.69 Å². The molecule has 1 aliphatic heterocycles. The van der Waals surface area contributed by atoms with Gasteiger partial charge in [-0.15, -0.1) is 6.58 Å². The highest BCUT2D eigenvalue weighted by atomic mass is 35.6. The number of carbonyl (C=O) groups excluding carboxylic acids is 1. The minimum absolute atomic E-state index is 0.00648. The average molecular weight is 582 g/mol. The number of rotatable bonds is 10. The zero-order chi connectivity index (χ0) is 27.1. The second-order valence-electron chi connectivity index (χ2n) is 9.95. The van der Waals surface area contributed by atoms with E-state index < -0.39 is 16.0 Å². The SMILES string of the molecule is C=CCN(CC1CC(c2ccc(CO)cc2)OC(c2ccc(CNC(=O)C(Cl)(Cl)Cl)cc2)O1)C1CCCC1. The van der Waals surface area contributed by atoms with E-state index in [-0.39, 0.29) is 25.4 Å². The summed E-state index contributed by atoms with van der Waals surface area (Å²) in [4.78, 5) is 14.4. The number of carbonyl (C=O) groups is 1. The molecule has 1 saturated carbocycles. The van der Waals surface area contributed by atoms with E-state index in [0.29, 0.717) is 6.04 Å². The van der Waals surface area contributed by atoms with Crippen LogP contribution in [0.4, 0.5) is 0 Å². The first-order valence-corrected chi connectivity index (χ1v) is 14.2. The third-order valence-electron chi connectivity index (χ3n) is 7.22. The Labute approximate surface area is 239 Å². The number of hydrogen-bond acceptors (Lipinski definition) is 5. The van der Waals surface area contributed by atoms with Gasteiger partial charge in [-0.2, -0.15) is 0 Å². The molecule has 3 unspecified atom stereocenters. The van der Waals surface area contributed by atoms with Crippen molar-refractivity contribution in [2.45, 2.75) is 73.6 Å². The average Bonchev–Trinajstić information content (AvgIpc) is 3.46. The lowest BCUT2D eigenvalue weighted by molar-refractivity contribution is -0.253. The number of ether oxygens (including phenoxy) is 2. The van der Waals surface area contributed by atoms with Gasteiger partial charge >= 0.3 is 0 Å². The Morgan fingerprint density at radius 1 is 1.03 bits per heavy atom. The fourth-order valence-corrected chi connectivity index (χ4v) is 5.38. The monoisotopic (exact) mass is 580 g/mol. The molecule has 4 rings (SSSR count). The number of nitrogens with zero attached hydrogens (tertiary/aromatic N) is 1. The number of nitrogens with one attached hydrogen (secondary N) is 1. The fraction of sp³-hybridized carbons (Fsp3) is 0.483. The van der Waals surface area contributed by atoms with Crippen LogP contribution in [0.1, 0.15) is 66.8 Å². The predicted octanol–water partition coefficient (Wildman–Crippen LogP) is 6.14. The van der Waals surface area contributed by atoms with Crippen molar-refractivity contribution in [1.29, 1.82) is 0 Å². The van der Waals surface area contributed by atoms with Gasteiger partial charge in [0.05, 0.1) is 18.8 Å². The third kappa shape index (κ3) is 7.95. The Morgan fingerprint density at radius 3 is 2.26 bits per heavy atom. The Morgan fingerprint density at radius 2 is 1.66 bits per heavy atom. The largest absolute Gasteiger partial charge is 0.392 e. The van der Waals surface area contributed by atoms with Gasteiger partial charge in [0.1, 0.15) is 0 Å². The van der Waals surface area contributed by atoms with Crippen molar-refractivity contribution in [3.8, 4) is 0 Å². The van der Waals surface area contributed by atoms with Crippen molar-refractivity contribution < 1.29 is 19.4 Å². The van der Waals surface area contributed by atoms with Gasteiger partial charge in [-0.25, -0.2) is 0 Å². The Bertz CT molecular complexity index is 1050. The quantitative estimate of drug-likeness (QED) is 0.260. The van der Waals surface area contributed by atoms with Gasteiger partial charge in [0.15, 0.2) is 6.29 Å². The van der Waals surface area contributed by atoms with Crippen LogP contribution in [0.5, 0.6) is 0 Å². The lowest BCUT2D eigenvalue weighted by atomic mass is 9.99. The molecule has 206 valence electrons. The Hall–Kier alpha value is -1.64. The summed E-state index contributed by atoms with van der Waals surface area (Å²) in [6.45, 7) is 5.86. The van der Waals surface area contributed by atoms with E-state index in [1.54, 1.807) is 0 Å². The smallest absolute Gasteiger partial charge is 0.272 e. The molecule has 1 heterocycles. The minimum atomic E-state index is -2.00. The first kappa shape index (κ1) is 29.3. The second-order valence-corrected chi connectivity index (χ2v) is 12.2. The number of aliphatic hydroxyl groups excluding tert-OH is 1. The summed E-state index contributed by atoms with van der Waals surface area (Å²) in [6, 6.07) is 16.1. The Kier molecular flexibility index (Phi) is 10.5. The molecule has 0 radical (unpaired) electrons. The van der Waals surface area contributed by atoms with Crippen molar-refractivity contribution >= 4 is 40.7 Å². The summed E-state index contributed by atoms with van der Waals surface area (Å²) in [5.41, 5.74) is 3.67. The van der Waals surface area contributed by atoms with E-state index in [1.165, 1.54) is 25.7 Å². The van der Waals surface area contributed by atoms with Crippen LogP contribution in [-0.2, 0) is 27.4 Å². The van der Waals surface area contributed by atoms with Crippen molar-refractivity contribution in [1.82, 2.24) is 10.2 Å². The summed E-state index contributed by atoms with van der Waals surface area (Å²) in [7, 11) is 0. The topological polar surface area (TPSA) is 71.0 Å². The summed E-state index contributed by atoms with van der Waals surface area (Å²) in [5.74, 6) is -0.672. The van der Waals surface area contributed by atoms with Crippen LogP contribution in [0.15, 0.2) is 61.2 Å². The van der Waals surface area contributed by atoms with Crippen molar-refractivity contribution in [3.63, 3.8) is 0 Å². The molecule has 3 atom stereocenters. The van der Waals surface area contributed by atoms with Gasteiger partial charge in [-0.05, 0) is 29.5 Å². The molecule has 2 aliphatic rings. The highest BCUT2D eigenvalue weighted by molar-refractivity contribution is 6.76. The van der Waals surface area contributed by atoms with Crippen LogP contribution < -0.4 is 5.32 Å². The van der Waals surface area contributed by atoms with Gasteiger partial charge < -0.3 is 19.9 Å². The molecule has 1 saturated heterocycles. The van der Waals surface area contributed by atoms with Crippen molar-refractivity contribution in [2.75, 3.05) is 13.1 Å². The lowest BCUT2D eigenvalue weighted by Crippen LogP contribution is -2.43. The molecule has 9 heteroatoms. The molecule has 1 amide bonds. The zero-order valence-electron chi connectivity index (χ0n) is 21.3. The van der Waals surface area contributed by atoms with E-state index in [2.05, 4.69) is 16.8 Å². The molecule has 0 bridgehead atoms. The number of hydrogen-bond donors (Lipinski definition) is 2. The molecule has 6 nitrogen and oxygen atoms in total. The van der Waals surface area contributed by atoms with Crippen LogP contribution >= 0.6 is 34.8 Å². The van der Waals surface area contributed by atoms with Crippen LogP contribution in [-0.4, -0.2) is 44.9 Å². The molecule has 38 heavy (non-hydrogen) atoms. The van der Waals surface area contributed by atoms with Gasteiger partial charge in [0, 0.05) is 37.7 Å². The van der Waals surface area contributed by atoms with E-state index >= 15 is 0 Å². The summed E-state index contributed by atoms with van der Waals surface area (Å²) < 4.78 is 11.0. The maximum atomic E-state index is 11.9. The molecule has 0 aromatic heterocycles. The summed E-state index contributed by atoms with van der Waals surface area (Å²) in [5, 5.41) is 12.1. The molecule has 2 N–H and O–H groups in total. The first-order valence-electron chi connectivity index (χ1n) is 13.1. The third-order valence-corrected chi connectivity index (χ3v) is 7.74. The van der Waals surface area contributed by atoms with Gasteiger partial charge in [0.2, 0.25) is 0 Å². The maximum absolute atomic E-state index is 11.9. The number of aliphatic hydroxyl groups is 1. The molecule has 1 aliphatic carbocycles. The lowest BCUT2D eigenvalue weighted by Gasteiger charge is -2.39. The highest BCUT2D eigenvalue weighted by Gasteiger charge is 2.35. The molecule has 2 aromatic carbocycles. The molecular weight excluding hydrogens is 547 g/mol. The van der Waals surface area contributed by atoms with E-state index in [0.717, 1.165) is 41.8 Å². The van der Waals surface area contributed by atoms with Crippen LogP contribution in [0.3, 0.4) is 0 Å². The summed E-state index contributed by atoms with van der Waals surface area (Å²) >= 11 is 16.9. The second kappa shape index (κ2) is 13.6. The number of alkyl halides is 3. The predicted molar refractivity (Wildman–Crippen MR) is 151 cm³/mol. The van der Waals surface area contributed by atoms with Crippen LogP contribution in [0.25, 0.3) is 0 Å². The number of halogens is 3. The zero-order valence-corrected chi connectivity index (χ0v) is 23.6. The molecular formula is C29H35Cl3N2O4. The molecule has 2 aromatic rings. The normalized spacial score (nSPS) is 22.5. The molecule has 2 fully saturated rings. The van der Waals surface area contributed by atoms with E-state index in [9.17, 15) is 9.90 Å². The maximum Gasteiger partial charge on any atom is 0.272 e. The van der Waals surface area contributed by atoms with Crippen molar-refractivity contribution in [2.24, 2.45) is 0 Å². The summed E-state index contributed by atoms with van der Waals surface area (Å²) in [6.07, 6.45) is 6.94. The van der Waals surface area contributed by atoms with Crippen LogP contribution in [0, 0.1) is 0 Å². The highest BCUT2D eigenvalue weighted by Crippen LogP contribution is 2.39. The van der Waals surface area contributed by atoms with Gasteiger partial charge in [-0.1, -0.05) is 102 Å². The van der Waals surface area contributed by atoms with Gasteiger partial charge in [0.25, 0.3) is 9.70 Å².